The van der Waals surface area contributed by atoms with Gasteiger partial charge in [-0.15, -0.1) is 0 Å². The van der Waals surface area contributed by atoms with Crippen molar-refractivity contribution in [1.29, 1.82) is 0 Å². The quantitative estimate of drug-likeness (QED) is 0.352. The summed E-state index contributed by atoms with van der Waals surface area (Å²) in [6.45, 7) is 7.39. The first kappa shape index (κ1) is 27.6. The maximum Gasteiger partial charge on any atom is 0.328 e. The lowest BCUT2D eigenvalue weighted by Crippen LogP contribution is -2.43. The molecule has 8 nitrogen and oxygen atoms in total. The number of carboxylic acids is 2. The van der Waals surface area contributed by atoms with Gasteiger partial charge in [-0.2, -0.15) is 0 Å². The number of carboxylic acid groups (broad SMARTS) is 2. The van der Waals surface area contributed by atoms with Crippen LogP contribution in [0.4, 0.5) is 5.82 Å². The Hall–Kier alpha value is -2.66. The van der Waals surface area contributed by atoms with Gasteiger partial charge in [-0.3, -0.25) is 4.90 Å². The lowest BCUT2D eigenvalue weighted by molar-refractivity contribution is -0.134. The van der Waals surface area contributed by atoms with E-state index >= 15 is 0 Å². The maximum absolute atomic E-state index is 9.55. The molecule has 9 heteroatoms. The molecule has 2 heterocycles. The van der Waals surface area contributed by atoms with Gasteiger partial charge in [0.1, 0.15) is 0 Å². The van der Waals surface area contributed by atoms with Crippen LogP contribution in [-0.4, -0.2) is 64.3 Å². The van der Waals surface area contributed by atoms with Crippen LogP contribution >= 0.6 is 22.6 Å². The Morgan fingerprint density at radius 2 is 1.74 bits per heavy atom. The fourth-order valence-corrected chi connectivity index (χ4v) is 3.98. The van der Waals surface area contributed by atoms with E-state index in [0.717, 1.165) is 44.0 Å². The van der Waals surface area contributed by atoms with Crippen molar-refractivity contribution in [2.75, 3.05) is 25.0 Å². The van der Waals surface area contributed by atoms with Crippen LogP contribution in [0.25, 0.3) is 0 Å². The first-order chi connectivity index (χ1) is 16.2. The molecule has 0 spiro atoms. The number of rotatable bonds is 8. The molecule has 0 aliphatic carbocycles. The number of piperidine rings is 1. The molecule has 0 bridgehead atoms. The second-order valence-electron chi connectivity index (χ2n) is 8.25. The third-order valence-corrected chi connectivity index (χ3v) is 5.96. The predicted molar refractivity (Wildman–Crippen MR) is 140 cm³/mol. The number of pyridine rings is 1. The Labute approximate surface area is 214 Å². The van der Waals surface area contributed by atoms with E-state index in [0.29, 0.717) is 18.2 Å². The molecule has 1 aromatic heterocycles. The van der Waals surface area contributed by atoms with Gasteiger partial charge in [-0.1, -0.05) is 12.1 Å². The minimum atomic E-state index is -1.26. The molecule has 3 rings (SSSR count). The van der Waals surface area contributed by atoms with Gasteiger partial charge >= 0.3 is 11.9 Å². The molecule has 1 aliphatic heterocycles. The minimum Gasteiger partial charge on any atom is -0.487 e. The van der Waals surface area contributed by atoms with E-state index < -0.39 is 11.9 Å². The highest BCUT2D eigenvalue weighted by Crippen LogP contribution is 2.29. The van der Waals surface area contributed by atoms with Crippen LogP contribution in [0.5, 0.6) is 5.75 Å². The number of carbonyl (C=O) groups is 2. The molecular formula is C25H32IN3O5. The summed E-state index contributed by atoms with van der Waals surface area (Å²) >= 11 is 2.36. The second-order valence-corrected chi connectivity index (χ2v) is 9.49. The Kier molecular flexibility index (Phi) is 11.3. The Bertz CT molecular complexity index is 941. The van der Waals surface area contributed by atoms with Crippen molar-refractivity contribution < 1.29 is 24.5 Å². The molecule has 0 amide bonds. The van der Waals surface area contributed by atoms with Gasteiger partial charge in [0.05, 0.1) is 6.10 Å². The van der Waals surface area contributed by atoms with Crippen molar-refractivity contribution in [1.82, 2.24) is 9.88 Å². The number of benzene rings is 1. The maximum atomic E-state index is 9.55. The number of aliphatic carboxylic acids is 2. The fraction of sp³-hybridized carbons (Fsp3) is 0.400. The molecule has 1 fully saturated rings. The van der Waals surface area contributed by atoms with Gasteiger partial charge < -0.3 is 19.8 Å². The average molecular weight is 581 g/mol. The highest BCUT2D eigenvalue weighted by molar-refractivity contribution is 14.1. The zero-order chi connectivity index (χ0) is 25.1. The Balaban J connectivity index is 0.000000440. The molecule has 2 N–H and O–H groups in total. The highest BCUT2D eigenvalue weighted by Gasteiger charge is 2.25. The van der Waals surface area contributed by atoms with Crippen LogP contribution < -0.4 is 9.64 Å². The van der Waals surface area contributed by atoms with Crippen LogP contribution in [0.2, 0.25) is 0 Å². The molecule has 1 aliphatic rings. The van der Waals surface area contributed by atoms with E-state index in [1.54, 1.807) is 0 Å². The van der Waals surface area contributed by atoms with E-state index in [1.165, 1.54) is 9.13 Å². The van der Waals surface area contributed by atoms with E-state index in [1.807, 2.05) is 18.3 Å². The van der Waals surface area contributed by atoms with Crippen LogP contribution in [0.15, 0.2) is 54.7 Å². The third kappa shape index (κ3) is 9.68. The van der Waals surface area contributed by atoms with Gasteiger partial charge in [0, 0.05) is 54.6 Å². The number of aromatic nitrogens is 1. The van der Waals surface area contributed by atoms with Gasteiger partial charge in [-0.05, 0) is 79.1 Å². The molecule has 0 unspecified atom stereocenters. The zero-order valence-corrected chi connectivity index (χ0v) is 21.9. The Morgan fingerprint density at radius 3 is 2.26 bits per heavy atom. The van der Waals surface area contributed by atoms with Crippen LogP contribution in [0, 0.1) is 3.57 Å². The summed E-state index contributed by atoms with van der Waals surface area (Å²) in [4.78, 5) is 28.6. The molecule has 1 saturated heterocycles. The molecule has 1 aromatic carbocycles. The number of halogens is 1. The lowest BCUT2D eigenvalue weighted by Gasteiger charge is -2.37. The van der Waals surface area contributed by atoms with E-state index in [2.05, 4.69) is 82.5 Å². The van der Waals surface area contributed by atoms with Gasteiger partial charge in [0.2, 0.25) is 0 Å². The number of anilines is 1. The topological polar surface area (TPSA) is 103 Å². The fourth-order valence-electron chi connectivity index (χ4n) is 3.62. The molecule has 34 heavy (non-hydrogen) atoms. The van der Waals surface area contributed by atoms with Crippen molar-refractivity contribution in [2.45, 2.75) is 45.4 Å². The van der Waals surface area contributed by atoms with Crippen molar-refractivity contribution in [3.05, 3.63) is 63.9 Å². The van der Waals surface area contributed by atoms with Gasteiger partial charge in [0.25, 0.3) is 0 Å². The van der Waals surface area contributed by atoms with Crippen molar-refractivity contribution in [2.24, 2.45) is 0 Å². The normalized spacial score (nSPS) is 14.5. The van der Waals surface area contributed by atoms with Crippen LogP contribution in [0.3, 0.4) is 0 Å². The summed E-state index contributed by atoms with van der Waals surface area (Å²) in [5.41, 5.74) is 1.40. The summed E-state index contributed by atoms with van der Waals surface area (Å²) in [6.07, 6.45) is 5.43. The first-order valence-corrected chi connectivity index (χ1v) is 12.2. The Morgan fingerprint density at radius 1 is 1.15 bits per heavy atom. The zero-order valence-electron chi connectivity index (χ0n) is 19.7. The van der Waals surface area contributed by atoms with Crippen LogP contribution in [-0.2, 0) is 16.1 Å². The molecule has 0 atom stereocenters. The summed E-state index contributed by atoms with van der Waals surface area (Å²) in [5.74, 6) is -0.677. The number of ether oxygens (including phenoxy) is 1. The van der Waals surface area contributed by atoms with E-state index in [9.17, 15) is 9.59 Å². The molecule has 0 saturated carbocycles. The van der Waals surface area contributed by atoms with E-state index in [4.69, 9.17) is 14.9 Å². The summed E-state index contributed by atoms with van der Waals surface area (Å²) in [7, 11) is 2.15. The third-order valence-electron chi connectivity index (χ3n) is 5.24. The smallest absolute Gasteiger partial charge is 0.328 e. The number of hydrogen-bond donors (Lipinski definition) is 2. The van der Waals surface area contributed by atoms with Gasteiger partial charge in [-0.25, -0.2) is 14.6 Å². The lowest BCUT2D eigenvalue weighted by atomic mass is 10.0. The minimum absolute atomic E-state index is 0.155. The number of nitrogens with zero attached hydrogens (tertiary/aromatic N) is 3. The number of hydrogen-bond acceptors (Lipinski definition) is 6. The largest absolute Gasteiger partial charge is 0.487 e. The van der Waals surface area contributed by atoms with Crippen molar-refractivity contribution in [3.8, 4) is 5.75 Å². The summed E-state index contributed by atoms with van der Waals surface area (Å²) in [5, 5.41) is 15.6. The standard InChI is InChI=1S/C21H28IN3O.C4H4O4/c1-16(2)26-20-5-4-12-23-21(20)24(3)19-10-13-25(14-11-19)15-17-6-8-18(22)9-7-17;5-3(6)1-2-4(7)8/h4-9,12,16,19H,10-11,13-15H2,1-3H3;1-2H,(H,5,6)(H,7,8)/b;2-1-. The van der Waals surface area contributed by atoms with Crippen molar-refractivity contribution >= 4 is 40.3 Å². The summed E-state index contributed by atoms with van der Waals surface area (Å²) < 4.78 is 7.24. The summed E-state index contributed by atoms with van der Waals surface area (Å²) in [6, 6.07) is 13.3. The van der Waals surface area contributed by atoms with Crippen LogP contribution in [0.1, 0.15) is 32.3 Å². The van der Waals surface area contributed by atoms with E-state index in [-0.39, 0.29) is 6.10 Å². The molecule has 184 valence electrons. The molecular weight excluding hydrogens is 549 g/mol. The second kappa shape index (κ2) is 13.9. The van der Waals surface area contributed by atoms with Gasteiger partial charge in [0.15, 0.2) is 11.6 Å². The predicted octanol–water partition coefficient (Wildman–Crippen LogP) is 4.29. The highest BCUT2D eigenvalue weighted by atomic mass is 127. The molecule has 0 radical (unpaired) electrons. The van der Waals surface area contributed by atoms with Crippen molar-refractivity contribution in [3.63, 3.8) is 0 Å². The SMILES string of the molecule is CC(C)Oc1cccnc1N(C)C1CCN(Cc2ccc(I)cc2)CC1.O=C(O)/C=C\C(=O)O. The average Bonchev–Trinajstić information content (AvgIpc) is 2.80. The number of likely N-dealkylation sites (tertiary alicyclic amines) is 1. The molecule has 2 aromatic rings. The first-order valence-electron chi connectivity index (χ1n) is 11.1. The monoisotopic (exact) mass is 581 g/mol.